The van der Waals surface area contributed by atoms with E-state index < -0.39 is 35.4 Å². The van der Waals surface area contributed by atoms with E-state index in [9.17, 15) is 36.2 Å². The summed E-state index contributed by atoms with van der Waals surface area (Å²) in [5.74, 6) is -1.61. The van der Waals surface area contributed by atoms with Crippen LogP contribution < -0.4 is 0 Å². The molecule has 1 N–H and O–H groups in total. The van der Waals surface area contributed by atoms with E-state index in [0.29, 0.717) is 29.7 Å². The maximum Gasteiger partial charge on any atom is 0.416 e. The molecule has 0 saturated carbocycles. The van der Waals surface area contributed by atoms with Crippen LogP contribution in [0.25, 0.3) is 11.1 Å². The molecule has 4 rings (SSSR count). The van der Waals surface area contributed by atoms with Gasteiger partial charge in [-0.05, 0) is 96.6 Å². The van der Waals surface area contributed by atoms with Crippen LogP contribution in [0.15, 0.2) is 66.7 Å². The van der Waals surface area contributed by atoms with Crippen molar-refractivity contribution in [3.63, 3.8) is 0 Å². The quantitative estimate of drug-likeness (QED) is 0.265. The average molecular weight is 592 g/mol. The fourth-order valence-corrected chi connectivity index (χ4v) is 5.77. The summed E-state index contributed by atoms with van der Waals surface area (Å²) in [7, 11) is 0. The lowest BCUT2D eigenvalue weighted by molar-refractivity contribution is -0.139. The summed E-state index contributed by atoms with van der Waals surface area (Å²) in [4.78, 5) is 14.5. The van der Waals surface area contributed by atoms with Gasteiger partial charge in [0.05, 0.1) is 17.0 Å². The van der Waals surface area contributed by atoms with E-state index in [2.05, 4.69) is 4.90 Å². The molecule has 2 unspecified atom stereocenters. The molecule has 0 aliphatic carbocycles. The summed E-state index contributed by atoms with van der Waals surface area (Å²) in [6.45, 7) is 7.21. The first-order valence-electron chi connectivity index (χ1n) is 14.1. The molecule has 9 heteroatoms. The molecule has 3 aromatic rings. The molecule has 3 nitrogen and oxygen atoms in total. The zero-order valence-corrected chi connectivity index (χ0v) is 23.8. The van der Waals surface area contributed by atoms with Crippen LogP contribution >= 0.6 is 0 Å². The summed E-state index contributed by atoms with van der Waals surface area (Å²) in [5, 5.41) is 10.1. The van der Waals surface area contributed by atoms with Gasteiger partial charge in [-0.3, -0.25) is 9.69 Å². The zero-order chi connectivity index (χ0) is 30.8. The minimum atomic E-state index is -4.47. The molecule has 0 radical (unpaired) electrons. The molecule has 0 amide bonds. The van der Waals surface area contributed by atoms with E-state index in [1.807, 2.05) is 32.9 Å². The Hall–Kier alpha value is -3.33. The normalized spacial score (nSPS) is 18.2. The molecule has 1 fully saturated rings. The molecule has 226 valence electrons. The Bertz CT molecular complexity index is 1360. The summed E-state index contributed by atoms with van der Waals surface area (Å²) in [5.41, 5.74) is 2.04. The molecular weight excluding hydrogens is 556 g/mol. The van der Waals surface area contributed by atoms with E-state index in [0.717, 1.165) is 54.8 Å². The van der Waals surface area contributed by atoms with E-state index in [-0.39, 0.29) is 17.9 Å². The number of halogens is 6. The number of likely N-dealkylation sites (tertiary alicyclic amines) is 1. The first-order valence-corrected chi connectivity index (χ1v) is 14.1. The Kier molecular flexibility index (Phi) is 9.40. The fourth-order valence-electron chi connectivity index (χ4n) is 5.77. The monoisotopic (exact) mass is 591 g/mol. The number of rotatable bonds is 8. The SMILES string of the molecule is CC(C)CC(C(=O)O)c1cc(-c2ccc(C(F)(F)F)cc2)cc(C2CCCN([C@H](C)c3ccc(C(F)(F)F)cc3)C2)c1. The van der Waals surface area contributed by atoms with Crippen LogP contribution in [0.3, 0.4) is 0 Å². The van der Waals surface area contributed by atoms with Crippen molar-refractivity contribution in [2.24, 2.45) is 5.92 Å². The molecule has 1 aliphatic rings. The molecule has 1 heterocycles. The third kappa shape index (κ3) is 7.54. The lowest BCUT2D eigenvalue weighted by Crippen LogP contribution is -2.36. The second kappa shape index (κ2) is 12.5. The van der Waals surface area contributed by atoms with Crippen molar-refractivity contribution in [2.45, 2.75) is 70.3 Å². The van der Waals surface area contributed by atoms with Gasteiger partial charge < -0.3 is 5.11 Å². The van der Waals surface area contributed by atoms with Gasteiger partial charge in [-0.25, -0.2) is 0 Å². The molecule has 0 bridgehead atoms. The smallest absolute Gasteiger partial charge is 0.416 e. The molecule has 3 atom stereocenters. The Balaban J connectivity index is 1.68. The number of hydrogen-bond acceptors (Lipinski definition) is 2. The Labute approximate surface area is 242 Å². The molecule has 1 aliphatic heterocycles. The van der Waals surface area contributed by atoms with Gasteiger partial charge in [0.1, 0.15) is 0 Å². The maximum atomic E-state index is 13.2. The van der Waals surface area contributed by atoms with Gasteiger partial charge in [-0.15, -0.1) is 0 Å². The largest absolute Gasteiger partial charge is 0.481 e. The lowest BCUT2D eigenvalue weighted by atomic mass is 9.82. The standard InChI is InChI=1S/C33H35F6NO2/c1-20(2)15-30(31(41)42)27-17-25(23-8-12-29(13-9-23)33(37,38)39)16-26(18-27)24-5-4-14-40(19-24)21(3)22-6-10-28(11-7-22)32(34,35)36/h6-13,16-18,20-21,24,30H,4-5,14-15,19H2,1-3H3,(H,41,42)/t21-,24?,30?/m1/s1. The van der Waals surface area contributed by atoms with E-state index in [1.165, 1.54) is 24.3 Å². The van der Waals surface area contributed by atoms with E-state index in [1.54, 1.807) is 6.07 Å². The second-order valence-electron chi connectivity index (χ2n) is 11.6. The highest BCUT2D eigenvalue weighted by molar-refractivity contribution is 5.78. The molecule has 3 aromatic carbocycles. The van der Waals surface area contributed by atoms with Crippen molar-refractivity contribution < 1.29 is 36.2 Å². The van der Waals surface area contributed by atoms with Gasteiger partial charge in [-0.1, -0.05) is 56.3 Å². The number of aliphatic carboxylic acids is 1. The minimum absolute atomic E-state index is 0.0114. The summed E-state index contributed by atoms with van der Waals surface area (Å²) in [6.07, 6.45) is -6.80. The van der Waals surface area contributed by atoms with Crippen LogP contribution in [-0.4, -0.2) is 29.1 Å². The first-order chi connectivity index (χ1) is 19.6. The van der Waals surface area contributed by atoms with Crippen LogP contribution in [0.5, 0.6) is 0 Å². The van der Waals surface area contributed by atoms with Crippen LogP contribution in [0.2, 0.25) is 0 Å². The van der Waals surface area contributed by atoms with Gasteiger partial charge in [0.15, 0.2) is 0 Å². The predicted octanol–water partition coefficient (Wildman–Crippen LogP) is 9.55. The highest BCUT2D eigenvalue weighted by atomic mass is 19.4. The molecule has 0 aromatic heterocycles. The summed E-state index contributed by atoms with van der Waals surface area (Å²) < 4.78 is 78.7. The van der Waals surface area contributed by atoms with E-state index in [4.69, 9.17) is 0 Å². The predicted molar refractivity (Wildman–Crippen MR) is 150 cm³/mol. The van der Waals surface area contributed by atoms with Crippen molar-refractivity contribution in [3.05, 3.63) is 94.5 Å². The molecule has 1 saturated heterocycles. The number of piperidine rings is 1. The summed E-state index contributed by atoms with van der Waals surface area (Å²) in [6, 6.07) is 15.5. The van der Waals surface area contributed by atoms with Crippen molar-refractivity contribution in [3.8, 4) is 11.1 Å². The van der Waals surface area contributed by atoms with E-state index >= 15 is 0 Å². The van der Waals surface area contributed by atoms with Crippen molar-refractivity contribution in [1.82, 2.24) is 4.90 Å². The van der Waals surface area contributed by atoms with Gasteiger partial charge >= 0.3 is 18.3 Å². The second-order valence-corrected chi connectivity index (χ2v) is 11.6. The lowest BCUT2D eigenvalue weighted by Gasteiger charge is -2.37. The van der Waals surface area contributed by atoms with Gasteiger partial charge in [-0.2, -0.15) is 26.3 Å². The third-order valence-corrected chi connectivity index (χ3v) is 8.12. The van der Waals surface area contributed by atoms with Crippen LogP contribution in [-0.2, 0) is 17.1 Å². The minimum Gasteiger partial charge on any atom is -0.481 e. The third-order valence-electron chi connectivity index (χ3n) is 8.12. The van der Waals surface area contributed by atoms with Crippen LogP contribution in [0.4, 0.5) is 26.3 Å². The number of benzene rings is 3. The number of alkyl halides is 6. The number of carbonyl (C=O) groups is 1. The molecular formula is C33H35F6NO2. The van der Waals surface area contributed by atoms with Gasteiger partial charge in [0.25, 0.3) is 0 Å². The summed E-state index contributed by atoms with van der Waals surface area (Å²) >= 11 is 0. The van der Waals surface area contributed by atoms with Crippen molar-refractivity contribution in [1.29, 1.82) is 0 Å². The maximum absolute atomic E-state index is 13.2. The number of carboxylic acid groups (broad SMARTS) is 1. The average Bonchev–Trinajstić information content (AvgIpc) is 2.94. The number of nitrogens with zero attached hydrogens (tertiary/aromatic N) is 1. The highest BCUT2D eigenvalue weighted by Gasteiger charge is 2.32. The Morgan fingerprint density at radius 3 is 1.93 bits per heavy atom. The molecule has 0 spiro atoms. The Morgan fingerprint density at radius 1 is 0.833 bits per heavy atom. The Morgan fingerprint density at radius 2 is 1.40 bits per heavy atom. The highest BCUT2D eigenvalue weighted by Crippen LogP contribution is 2.38. The van der Waals surface area contributed by atoms with Crippen LogP contribution in [0, 0.1) is 5.92 Å². The number of hydrogen-bond donors (Lipinski definition) is 1. The zero-order valence-electron chi connectivity index (χ0n) is 23.8. The van der Waals surface area contributed by atoms with Crippen LogP contribution in [0.1, 0.15) is 85.7 Å². The fraction of sp³-hybridized carbons (Fsp3) is 0.424. The van der Waals surface area contributed by atoms with Gasteiger partial charge in [0.2, 0.25) is 0 Å². The first kappa shape index (κ1) is 31.6. The molecule has 42 heavy (non-hydrogen) atoms. The van der Waals surface area contributed by atoms with Crippen molar-refractivity contribution in [2.75, 3.05) is 13.1 Å². The topological polar surface area (TPSA) is 40.5 Å². The van der Waals surface area contributed by atoms with Gasteiger partial charge in [0, 0.05) is 12.6 Å². The van der Waals surface area contributed by atoms with Crippen molar-refractivity contribution >= 4 is 5.97 Å². The number of carboxylic acids is 1.